The number of rotatable bonds is 0. The zero-order valence-electron chi connectivity index (χ0n) is 0.816. The molecule has 0 atom stereocenters. The van der Waals surface area contributed by atoms with Gasteiger partial charge in [-0.2, -0.15) is 0 Å². The van der Waals surface area contributed by atoms with E-state index in [1.54, 1.807) is 0 Å². The van der Waals surface area contributed by atoms with Crippen LogP contribution >= 0.6 is 0 Å². The Labute approximate surface area is 65.2 Å². The summed E-state index contributed by atoms with van der Waals surface area (Å²) in [5.74, 6) is 0. The molecule has 0 heterocycles. The van der Waals surface area contributed by atoms with Crippen molar-refractivity contribution in [3.63, 3.8) is 0 Å². The van der Waals surface area contributed by atoms with E-state index in [1.807, 2.05) is 17.7 Å². The van der Waals surface area contributed by atoms with Gasteiger partial charge in [0.15, 0.2) is 34.7 Å². The Kier molecular flexibility index (Phi) is 75.6. The third-order valence-electron chi connectivity index (χ3n) is 0. The maximum atomic E-state index is 2.64. The van der Waals surface area contributed by atoms with E-state index in [4.69, 9.17) is 0 Å². The molecule has 4 heteroatoms. The molecule has 0 fully saturated rings. The van der Waals surface area contributed by atoms with Crippen molar-refractivity contribution in [1.82, 2.24) is 0 Å². The van der Waals surface area contributed by atoms with Crippen LogP contribution in [0.15, 0.2) is 0 Å². The molecule has 0 saturated heterocycles. The number of hydrogen-bond acceptors (Lipinski definition) is 0. The molecule has 0 saturated carbocycles. The molecular weight excluding hydrogens is 202 g/mol. The fraction of sp³-hybridized carbons (Fsp3) is 0. The van der Waals surface area contributed by atoms with Crippen LogP contribution in [0.2, 0.25) is 0 Å². The van der Waals surface area contributed by atoms with Crippen molar-refractivity contribution in [1.29, 1.82) is 0 Å². The molecule has 0 N–H and O–H groups in total. The molecule has 0 aromatic heterocycles. The van der Waals surface area contributed by atoms with E-state index in [9.17, 15) is 0 Å². The molecule has 0 unspecified atom stereocenters. The van der Waals surface area contributed by atoms with Gasteiger partial charge in [0.05, 0.1) is 0 Å². The summed E-state index contributed by atoms with van der Waals surface area (Å²) < 4.78 is 0. The fourth-order valence-electron chi connectivity index (χ4n) is 0. The summed E-state index contributed by atoms with van der Waals surface area (Å²) in [6.07, 6.45) is 0. The van der Waals surface area contributed by atoms with E-state index in [-0.39, 0.29) is 34.7 Å². The topological polar surface area (TPSA) is 0 Å². The second-order valence-corrected chi connectivity index (χ2v) is 0. The Morgan fingerprint density at radius 1 is 1.00 bits per heavy atom. The van der Waals surface area contributed by atoms with Crippen LogP contribution in [0.3, 0.4) is 0 Å². The van der Waals surface area contributed by atoms with E-state index in [1.165, 1.54) is 0 Å². The fourth-order valence-corrected chi connectivity index (χ4v) is 0. The Balaban J connectivity index is -0.00000000500. The Bertz CT molecular complexity index is 6.00. The summed E-state index contributed by atoms with van der Waals surface area (Å²) in [4.78, 5) is 0. The van der Waals surface area contributed by atoms with Crippen molar-refractivity contribution < 1.29 is 31.3 Å². The molecule has 4 heavy (non-hydrogen) atoms. The molecule has 0 rings (SSSR count). The van der Waals surface area contributed by atoms with Gasteiger partial charge in [-0.3, -0.25) is 0 Å². The Hall–Kier alpha value is 2.29. The van der Waals surface area contributed by atoms with Gasteiger partial charge < -0.3 is 0 Å². The van der Waals surface area contributed by atoms with Gasteiger partial charge in [0, 0.05) is 0 Å². The van der Waals surface area contributed by atoms with Gasteiger partial charge in [-0.1, -0.05) is 0 Å². The van der Waals surface area contributed by atoms with Crippen LogP contribution in [0, 0.1) is 0 Å². The number of hydrogen-bond donors (Lipinski definition) is 0. The molecule has 0 nitrogen and oxygen atoms in total. The molecule has 0 aromatic rings. The van der Waals surface area contributed by atoms with Crippen molar-refractivity contribution in [2.24, 2.45) is 0 Å². The van der Waals surface area contributed by atoms with Crippen molar-refractivity contribution >= 4 is 34.7 Å². The molecule has 0 spiro atoms. The van der Waals surface area contributed by atoms with E-state index in [0.717, 1.165) is 0 Å². The van der Waals surface area contributed by atoms with Crippen LogP contribution in [-0.2, 0) is 31.3 Å². The maximum absolute atomic E-state index is 2.64. The molecule has 0 aliphatic rings. The van der Waals surface area contributed by atoms with E-state index >= 15 is 0 Å². The van der Waals surface area contributed by atoms with Gasteiger partial charge in [-0.15, -0.1) is 0 Å². The first-order valence-corrected chi connectivity index (χ1v) is 4.07. The normalized spacial score (nSPS) is 1.00. The SMILES string of the molecule is [AlH3].[AlH3].[Cr][Mo]. The molecular formula is H6Al2CrMo. The average molecular weight is 208 g/mol. The summed E-state index contributed by atoms with van der Waals surface area (Å²) in [6, 6.07) is 0. The van der Waals surface area contributed by atoms with Gasteiger partial charge in [-0.25, -0.2) is 0 Å². The van der Waals surface area contributed by atoms with Gasteiger partial charge in [-0.05, 0) is 0 Å². The predicted molar refractivity (Wildman–Crippen MR) is 19.9 cm³/mol. The second-order valence-electron chi connectivity index (χ2n) is 0. The molecule has 0 bridgehead atoms. The van der Waals surface area contributed by atoms with Crippen LogP contribution in [0.1, 0.15) is 0 Å². The van der Waals surface area contributed by atoms with E-state index in [2.05, 4.69) is 13.6 Å². The second kappa shape index (κ2) is 18.6. The standard InChI is InChI=1S/2Al.Cr.Mo.6H. The van der Waals surface area contributed by atoms with Crippen LogP contribution in [0.4, 0.5) is 0 Å². The first kappa shape index (κ1) is 16.3. The van der Waals surface area contributed by atoms with E-state index < -0.39 is 0 Å². The third-order valence-corrected chi connectivity index (χ3v) is 0. The van der Waals surface area contributed by atoms with E-state index in [0.29, 0.717) is 0 Å². The van der Waals surface area contributed by atoms with Crippen LogP contribution in [0.25, 0.3) is 0 Å². The van der Waals surface area contributed by atoms with Gasteiger partial charge in [0.2, 0.25) is 0 Å². The molecule has 0 amide bonds. The van der Waals surface area contributed by atoms with Crippen molar-refractivity contribution in [3.05, 3.63) is 0 Å². The van der Waals surface area contributed by atoms with Crippen LogP contribution in [-0.4, -0.2) is 34.7 Å². The Morgan fingerprint density at radius 3 is 1.00 bits per heavy atom. The van der Waals surface area contributed by atoms with Gasteiger partial charge >= 0.3 is 31.3 Å². The molecule has 0 aliphatic carbocycles. The summed E-state index contributed by atoms with van der Waals surface area (Å²) >= 11 is 4.46. The molecule has 0 radical (unpaired) electrons. The van der Waals surface area contributed by atoms with Crippen molar-refractivity contribution in [3.8, 4) is 0 Å². The first-order chi connectivity index (χ1) is 1.00. The van der Waals surface area contributed by atoms with Crippen LogP contribution in [0.5, 0.6) is 0 Å². The Morgan fingerprint density at radius 2 is 1.00 bits per heavy atom. The van der Waals surface area contributed by atoms with Crippen LogP contribution < -0.4 is 0 Å². The summed E-state index contributed by atoms with van der Waals surface area (Å²) in [6.45, 7) is 0. The minimum absolute atomic E-state index is 0. The molecule has 24 valence electrons. The van der Waals surface area contributed by atoms with Gasteiger partial charge in [0.1, 0.15) is 0 Å². The average Bonchev–Trinajstić information content (AvgIpc) is 1.00. The van der Waals surface area contributed by atoms with Crippen molar-refractivity contribution in [2.75, 3.05) is 0 Å². The quantitative estimate of drug-likeness (QED) is 0.390. The van der Waals surface area contributed by atoms with Crippen molar-refractivity contribution in [2.45, 2.75) is 0 Å². The predicted octanol–water partition coefficient (Wildman–Crippen LogP) is -2.37. The monoisotopic (exact) mass is 210 g/mol. The third kappa shape index (κ3) is 8.86. The summed E-state index contributed by atoms with van der Waals surface area (Å²) in [5, 5.41) is 0. The first-order valence-electron chi connectivity index (χ1n) is 0.167. The zero-order chi connectivity index (χ0) is 2.00. The van der Waals surface area contributed by atoms with Gasteiger partial charge in [0.25, 0.3) is 0 Å². The molecule has 0 aromatic carbocycles. The summed E-state index contributed by atoms with van der Waals surface area (Å²) in [7, 11) is 0. The minimum atomic E-state index is 0. The molecule has 0 aliphatic heterocycles. The summed E-state index contributed by atoms with van der Waals surface area (Å²) in [5.41, 5.74) is 0. The zero-order valence-corrected chi connectivity index (χ0v) is 4.10.